The molecule has 0 spiro atoms. The summed E-state index contributed by atoms with van der Waals surface area (Å²) in [6.45, 7) is 4.40. The van der Waals surface area contributed by atoms with Crippen LogP contribution in [-0.2, 0) is 6.42 Å². The molecule has 0 fully saturated rings. The second kappa shape index (κ2) is 6.75. The molecule has 18 heavy (non-hydrogen) atoms. The van der Waals surface area contributed by atoms with Gasteiger partial charge in [0.15, 0.2) is 0 Å². The van der Waals surface area contributed by atoms with Gasteiger partial charge < -0.3 is 0 Å². The van der Waals surface area contributed by atoms with Crippen LogP contribution in [0.25, 0.3) is 10.4 Å². The third-order valence-electron chi connectivity index (χ3n) is 3.27. The first-order chi connectivity index (χ1) is 8.79. The van der Waals surface area contributed by atoms with Crippen LogP contribution < -0.4 is 0 Å². The molecular formula is C17H22S. The van der Waals surface area contributed by atoms with E-state index in [1.54, 1.807) is 0 Å². The van der Waals surface area contributed by atoms with E-state index < -0.39 is 0 Å². The van der Waals surface area contributed by atoms with E-state index in [4.69, 9.17) is 0 Å². The molecular weight excluding hydrogens is 236 g/mol. The van der Waals surface area contributed by atoms with Gasteiger partial charge in [-0.3, -0.25) is 0 Å². The minimum Gasteiger partial charge on any atom is -0.140 e. The van der Waals surface area contributed by atoms with Gasteiger partial charge in [-0.1, -0.05) is 56.0 Å². The molecule has 0 radical (unpaired) electrons. The molecule has 0 aliphatic rings. The van der Waals surface area contributed by atoms with Crippen molar-refractivity contribution in [1.29, 1.82) is 0 Å². The van der Waals surface area contributed by atoms with Crippen LogP contribution in [0.4, 0.5) is 0 Å². The summed E-state index contributed by atoms with van der Waals surface area (Å²) in [7, 11) is 0. The van der Waals surface area contributed by atoms with Gasteiger partial charge in [-0.15, -0.1) is 11.3 Å². The molecule has 0 aliphatic carbocycles. The lowest BCUT2D eigenvalue weighted by atomic mass is 10.1. The lowest BCUT2D eigenvalue weighted by Crippen LogP contribution is -1.80. The zero-order valence-corrected chi connectivity index (χ0v) is 12.2. The van der Waals surface area contributed by atoms with Crippen molar-refractivity contribution < 1.29 is 0 Å². The van der Waals surface area contributed by atoms with E-state index in [9.17, 15) is 0 Å². The Kier molecular flexibility index (Phi) is 5.00. The van der Waals surface area contributed by atoms with Gasteiger partial charge >= 0.3 is 0 Å². The van der Waals surface area contributed by atoms with Crippen molar-refractivity contribution in [1.82, 2.24) is 0 Å². The highest BCUT2D eigenvalue weighted by Crippen LogP contribution is 2.29. The minimum absolute atomic E-state index is 1.25. The average molecular weight is 258 g/mol. The summed E-state index contributed by atoms with van der Waals surface area (Å²) in [6.07, 6.45) is 6.64. The van der Waals surface area contributed by atoms with E-state index in [-0.39, 0.29) is 0 Å². The van der Waals surface area contributed by atoms with Gasteiger partial charge in [0.25, 0.3) is 0 Å². The smallest absolute Gasteiger partial charge is 0.0345 e. The van der Waals surface area contributed by atoms with Gasteiger partial charge in [0.2, 0.25) is 0 Å². The van der Waals surface area contributed by atoms with Crippen LogP contribution >= 0.6 is 11.3 Å². The number of rotatable bonds is 6. The van der Waals surface area contributed by atoms with Gasteiger partial charge in [0, 0.05) is 9.75 Å². The molecule has 2 rings (SSSR count). The van der Waals surface area contributed by atoms with Crippen molar-refractivity contribution in [3.8, 4) is 10.4 Å². The summed E-state index contributed by atoms with van der Waals surface area (Å²) in [5.74, 6) is 0. The molecule has 0 saturated carbocycles. The second-order valence-corrected chi connectivity index (χ2v) is 6.11. The molecule has 2 aromatic rings. The summed E-state index contributed by atoms with van der Waals surface area (Å²) in [4.78, 5) is 2.93. The summed E-state index contributed by atoms with van der Waals surface area (Å²) in [5.41, 5.74) is 2.68. The molecule has 0 atom stereocenters. The molecule has 1 aromatic carbocycles. The number of hydrogen-bond acceptors (Lipinski definition) is 1. The highest BCUT2D eigenvalue weighted by Gasteiger charge is 2.02. The van der Waals surface area contributed by atoms with E-state index in [1.165, 1.54) is 53.0 Å². The number of benzene rings is 1. The molecule has 0 aliphatic heterocycles. The Morgan fingerprint density at radius 3 is 2.39 bits per heavy atom. The lowest BCUT2D eigenvalue weighted by molar-refractivity contribution is 0.670. The monoisotopic (exact) mass is 258 g/mol. The van der Waals surface area contributed by atoms with E-state index in [1.807, 2.05) is 11.3 Å². The summed E-state index contributed by atoms with van der Waals surface area (Å²) < 4.78 is 0. The standard InChI is InChI=1S/C17H22S/c1-3-4-5-6-7-16-12-13-17(18-16)15-10-8-14(2)9-11-15/h8-13H,3-7H2,1-2H3. The van der Waals surface area contributed by atoms with Crippen molar-refractivity contribution in [3.63, 3.8) is 0 Å². The van der Waals surface area contributed by atoms with Crippen LogP contribution in [-0.4, -0.2) is 0 Å². The van der Waals surface area contributed by atoms with Crippen molar-refractivity contribution in [2.45, 2.75) is 46.0 Å². The van der Waals surface area contributed by atoms with Gasteiger partial charge in [0.1, 0.15) is 0 Å². The molecule has 0 N–H and O–H groups in total. The topological polar surface area (TPSA) is 0 Å². The van der Waals surface area contributed by atoms with Crippen LogP contribution in [0.2, 0.25) is 0 Å². The zero-order valence-electron chi connectivity index (χ0n) is 11.4. The molecule has 1 heteroatoms. The highest BCUT2D eigenvalue weighted by molar-refractivity contribution is 7.15. The fourth-order valence-corrected chi connectivity index (χ4v) is 3.17. The minimum atomic E-state index is 1.25. The Bertz CT molecular complexity index is 465. The molecule has 0 amide bonds. The Balaban J connectivity index is 1.95. The van der Waals surface area contributed by atoms with Gasteiger partial charge in [-0.25, -0.2) is 0 Å². The van der Waals surface area contributed by atoms with E-state index >= 15 is 0 Å². The van der Waals surface area contributed by atoms with E-state index in [2.05, 4.69) is 50.2 Å². The molecule has 1 heterocycles. The largest absolute Gasteiger partial charge is 0.140 e. The normalized spacial score (nSPS) is 10.8. The highest BCUT2D eigenvalue weighted by atomic mass is 32.1. The Hall–Kier alpha value is -1.08. The van der Waals surface area contributed by atoms with Crippen molar-refractivity contribution in [2.24, 2.45) is 0 Å². The Labute approximate surface area is 115 Å². The first kappa shape index (κ1) is 13.4. The van der Waals surface area contributed by atoms with Crippen LogP contribution in [0, 0.1) is 6.92 Å². The van der Waals surface area contributed by atoms with Crippen LogP contribution in [0.5, 0.6) is 0 Å². The van der Waals surface area contributed by atoms with Gasteiger partial charge in [-0.2, -0.15) is 0 Å². The SMILES string of the molecule is CCCCCCc1ccc(-c2ccc(C)cc2)s1. The molecule has 0 unspecified atom stereocenters. The lowest BCUT2D eigenvalue weighted by Gasteiger charge is -1.99. The third kappa shape index (κ3) is 3.71. The first-order valence-electron chi connectivity index (χ1n) is 6.95. The molecule has 0 nitrogen and oxygen atoms in total. The Morgan fingerprint density at radius 2 is 1.67 bits per heavy atom. The molecule has 1 aromatic heterocycles. The third-order valence-corrected chi connectivity index (χ3v) is 4.47. The van der Waals surface area contributed by atoms with E-state index in [0.29, 0.717) is 0 Å². The van der Waals surface area contributed by atoms with Crippen molar-refractivity contribution in [2.75, 3.05) is 0 Å². The Morgan fingerprint density at radius 1 is 0.889 bits per heavy atom. The first-order valence-corrected chi connectivity index (χ1v) is 7.77. The molecule has 0 bridgehead atoms. The quantitative estimate of drug-likeness (QED) is 0.570. The van der Waals surface area contributed by atoms with Crippen molar-refractivity contribution in [3.05, 3.63) is 46.8 Å². The molecule has 0 saturated heterocycles. The predicted molar refractivity (Wildman–Crippen MR) is 82.3 cm³/mol. The second-order valence-electron chi connectivity index (χ2n) is 4.94. The number of hydrogen-bond donors (Lipinski definition) is 0. The maximum atomic E-state index is 2.30. The maximum absolute atomic E-state index is 2.30. The average Bonchev–Trinajstić information content (AvgIpc) is 2.84. The predicted octanol–water partition coefficient (Wildman–Crippen LogP) is 5.85. The number of thiophene rings is 1. The van der Waals surface area contributed by atoms with Crippen molar-refractivity contribution >= 4 is 11.3 Å². The summed E-state index contributed by atoms with van der Waals surface area (Å²) >= 11 is 1.95. The number of aryl methyl sites for hydroxylation is 2. The summed E-state index contributed by atoms with van der Waals surface area (Å²) in [6, 6.07) is 13.4. The van der Waals surface area contributed by atoms with Crippen LogP contribution in [0.3, 0.4) is 0 Å². The molecule has 96 valence electrons. The number of unbranched alkanes of at least 4 members (excludes halogenated alkanes) is 3. The van der Waals surface area contributed by atoms with E-state index in [0.717, 1.165) is 0 Å². The zero-order chi connectivity index (χ0) is 12.8. The van der Waals surface area contributed by atoms with Gasteiger partial charge in [-0.05, 0) is 37.5 Å². The van der Waals surface area contributed by atoms with Crippen LogP contribution in [0.1, 0.15) is 43.0 Å². The maximum Gasteiger partial charge on any atom is 0.0345 e. The fourth-order valence-electron chi connectivity index (χ4n) is 2.11. The fraction of sp³-hybridized carbons (Fsp3) is 0.412. The van der Waals surface area contributed by atoms with Crippen LogP contribution in [0.15, 0.2) is 36.4 Å². The van der Waals surface area contributed by atoms with Gasteiger partial charge in [0.05, 0.1) is 0 Å². The summed E-state index contributed by atoms with van der Waals surface area (Å²) in [5, 5.41) is 0.